The molecule has 1 aliphatic heterocycles. The molecular weight excluding hydrogens is 542 g/mol. The van der Waals surface area contributed by atoms with Gasteiger partial charge in [-0.3, -0.25) is 25.1 Å². The maximum Gasteiger partial charge on any atom is 0.357 e. The van der Waals surface area contributed by atoms with E-state index in [1.807, 2.05) is 41.3 Å². The molecule has 0 saturated carbocycles. The van der Waals surface area contributed by atoms with Crippen molar-refractivity contribution >= 4 is 39.7 Å². The van der Waals surface area contributed by atoms with E-state index in [0.717, 1.165) is 11.3 Å². The number of nitro groups is 1. The fourth-order valence-corrected chi connectivity index (χ4v) is 5.66. The average molecular weight is 572 g/mol. The van der Waals surface area contributed by atoms with Gasteiger partial charge in [0.05, 0.1) is 17.6 Å². The zero-order valence-electron chi connectivity index (χ0n) is 22.4. The van der Waals surface area contributed by atoms with Crippen LogP contribution in [-0.4, -0.2) is 59.5 Å². The minimum absolute atomic E-state index is 0.0795. The smallest absolute Gasteiger partial charge is 0.357 e. The number of hydrogen-bond donors (Lipinski definition) is 1. The number of rotatable bonds is 9. The molecule has 0 atom stereocenters. The molecule has 4 aromatic rings. The highest BCUT2D eigenvalue weighted by molar-refractivity contribution is 7.14. The summed E-state index contributed by atoms with van der Waals surface area (Å²) >= 11 is 1.07. The minimum atomic E-state index is -0.580. The largest absolute Gasteiger partial charge is 0.461 e. The molecule has 1 saturated heterocycles. The molecule has 0 unspecified atom stereocenters. The van der Waals surface area contributed by atoms with Crippen molar-refractivity contribution in [2.45, 2.75) is 13.0 Å². The zero-order chi connectivity index (χ0) is 28.8. The predicted molar refractivity (Wildman–Crippen MR) is 158 cm³/mol. The third-order valence-electron chi connectivity index (χ3n) is 6.89. The SMILES string of the molecule is CCOC(=O)c1csc(NC(=O)c2ccc(N3CCN(C(c4ccccc4)c4ccccc4)CC3)c([N+](=O)[O-])c2)n1. The summed E-state index contributed by atoms with van der Waals surface area (Å²) < 4.78 is 4.92. The fourth-order valence-electron chi connectivity index (χ4n) is 4.98. The van der Waals surface area contributed by atoms with Crippen molar-refractivity contribution in [2.75, 3.05) is 43.0 Å². The van der Waals surface area contributed by atoms with Gasteiger partial charge in [-0.05, 0) is 30.2 Å². The van der Waals surface area contributed by atoms with Crippen molar-refractivity contribution in [2.24, 2.45) is 0 Å². The number of nitro benzene ring substituents is 1. The average Bonchev–Trinajstić information content (AvgIpc) is 3.47. The van der Waals surface area contributed by atoms with Crippen molar-refractivity contribution < 1.29 is 19.2 Å². The molecule has 5 rings (SSSR count). The Balaban J connectivity index is 1.30. The molecule has 0 aliphatic carbocycles. The Bertz CT molecular complexity index is 1480. The van der Waals surface area contributed by atoms with E-state index in [9.17, 15) is 19.7 Å². The first-order valence-electron chi connectivity index (χ1n) is 13.3. The normalized spacial score (nSPS) is 13.7. The molecule has 1 N–H and O–H groups in total. The first-order chi connectivity index (χ1) is 19.9. The Morgan fingerprint density at radius 3 is 2.22 bits per heavy atom. The quantitative estimate of drug-likeness (QED) is 0.161. The number of nitrogens with zero attached hydrogens (tertiary/aromatic N) is 4. The van der Waals surface area contributed by atoms with Crippen LogP contribution in [0.15, 0.2) is 84.2 Å². The predicted octanol–water partition coefficient (Wildman–Crippen LogP) is 5.39. The van der Waals surface area contributed by atoms with Crippen LogP contribution in [0.25, 0.3) is 0 Å². The van der Waals surface area contributed by atoms with E-state index < -0.39 is 16.8 Å². The topological polar surface area (TPSA) is 118 Å². The zero-order valence-corrected chi connectivity index (χ0v) is 23.3. The van der Waals surface area contributed by atoms with Gasteiger partial charge in [0.25, 0.3) is 11.6 Å². The van der Waals surface area contributed by atoms with Crippen LogP contribution >= 0.6 is 11.3 Å². The lowest BCUT2D eigenvalue weighted by Crippen LogP contribution is -2.48. The molecule has 0 radical (unpaired) electrons. The molecule has 1 aromatic heterocycles. The first-order valence-corrected chi connectivity index (χ1v) is 14.1. The van der Waals surface area contributed by atoms with Crippen molar-refractivity contribution in [1.82, 2.24) is 9.88 Å². The van der Waals surface area contributed by atoms with Crippen LogP contribution in [0.1, 0.15) is 44.9 Å². The van der Waals surface area contributed by atoms with Gasteiger partial charge in [0.2, 0.25) is 0 Å². The number of thiazole rings is 1. The lowest BCUT2D eigenvalue weighted by atomic mass is 9.96. The molecule has 41 heavy (non-hydrogen) atoms. The number of carbonyl (C=O) groups excluding carboxylic acids is 2. The second kappa shape index (κ2) is 12.7. The number of hydrogen-bond acceptors (Lipinski definition) is 9. The molecule has 1 fully saturated rings. The van der Waals surface area contributed by atoms with Gasteiger partial charge in [-0.2, -0.15) is 0 Å². The highest BCUT2D eigenvalue weighted by atomic mass is 32.1. The second-order valence-electron chi connectivity index (χ2n) is 9.42. The monoisotopic (exact) mass is 571 g/mol. The summed E-state index contributed by atoms with van der Waals surface area (Å²) in [5.74, 6) is -1.13. The number of benzene rings is 3. The van der Waals surface area contributed by atoms with Gasteiger partial charge in [0, 0.05) is 43.2 Å². The number of piperazine rings is 1. The van der Waals surface area contributed by atoms with Crippen molar-refractivity contribution in [3.63, 3.8) is 0 Å². The summed E-state index contributed by atoms with van der Waals surface area (Å²) in [7, 11) is 0. The van der Waals surface area contributed by atoms with Crippen LogP contribution in [0.2, 0.25) is 0 Å². The Hall–Kier alpha value is -4.61. The number of aromatic nitrogens is 1. The van der Waals surface area contributed by atoms with E-state index in [-0.39, 0.29) is 34.7 Å². The van der Waals surface area contributed by atoms with Gasteiger partial charge >= 0.3 is 5.97 Å². The second-order valence-corrected chi connectivity index (χ2v) is 10.3. The van der Waals surface area contributed by atoms with Gasteiger partial charge in [-0.1, -0.05) is 60.7 Å². The van der Waals surface area contributed by atoms with Gasteiger partial charge in [0.15, 0.2) is 10.8 Å². The molecule has 0 bridgehead atoms. The number of ether oxygens (including phenoxy) is 1. The molecule has 11 heteroatoms. The van der Waals surface area contributed by atoms with E-state index in [1.165, 1.54) is 22.6 Å². The number of carbonyl (C=O) groups is 2. The van der Waals surface area contributed by atoms with E-state index in [4.69, 9.17) is 4.74 Å². The molecule has 210 valence electrons. The Morgan fingerprint density at radius 1 is 1.00 bits per heavy atom. The minimum Gasteiger partial charge on any atom is -0.461 e. The third-order valence-corrected chi connectivity index (χ3v) is 7.65. The van der Waals surface area contributed by atoms with Crippen LogP contribution in [0.5, 0.6) is 0 Å². The van der Waals surface area contributed by atoms with Crippen LogP contribution < -0.4 is 10.2 Å². The number of nitrogens with one attached hydrogen (secondary N) is 1. The number of anilines is 2. The number of amides is 1. The molecule has 1 amide bonds. The summed E-state index contributed by atoms with van der Waals surface area (Å²) in [6, 6.07) is 25.2. The lowest BCUT2D eigenvalue weighted by molar-refractivity contribution is -0.384. The van der Waals surface area contributed by atoms with E-state index in [2.05, 4.69) is 39.5 Å². The summed E-state index contributed by atoms with van der Waals surface area (Å²) in [6.07, 6.45) is 0. The first kappa shape index (κ1) is 27.9. The molecule has 1 aliphatic rings. The molecule has 0 spiro atoms. The summed E-state index contributed by atoms with van der Waals surface area (Å²) in [5.41, 5.74) is 2.95. The van der Waals surface area contributed by atoms with E-state index in [0.29, 0.717) is 31.9 Å². The van der Waals surface area contributed by atoms with Crippen molar-refractivity contribution in [3.8, 4) is 0 Å². The van der Waals surface area contributed by atoms with Crippen molar-refractivity contribution in [1.29, 1.82) is 0 Å². The van der Waals surface area contributed by atoms with Crippen molar-refractivity contribution in [3.05, 3.63) is 117 Å². The molecule has 3 aromatic carbocycles. The van der Waals surface area contributed by atoms with Gasteiger partial charge in [-0.25, -0.2) is 9.78 Å². The third kappa shape index (κ3) is 6.42. The summed E-state index contributed by atoms with van der Waals surface area (Å²) in [4.78, 5) is 44.8. The lowest BCUT2D eigenvalue weighted by Gasteiger charge is -2.40. The fraction of sp³-hybridized carbons (Fsp3) is 0.233. The molecular formula is C30H29N5O5S. The van der Waals surface area contributed by atoms with Gasteiger partial charge in [0.1, 0.15) is 5.69 Å². The van der Waals surface area contributed by atoms with Crippen LogP contribution in [0, 0.1) is 10.1 Å². The van der Waals surface area contributed by atoms with Crippen LogP contribution in [-0.2, 0) is 4.74 Å². The standard InChI is InChI=1S/C30H29N5O5S/c1-2-40-29(37)24-20-41-30(31-24)32-28(36)23-13-14-25(26(19-23)35(38)39)33-15-17-34(18-16-33)27(21-9-5-3-6-10-21)22-11-7-4-8-12-22/h3-14,19-20,27H,2,15-18H2,1H3,(H,31,32,36). The van der Waals surface area contributed by atoms with Crippen LogP contribution in [0.4, 0.5) is 16.5 Å². The molecule has 10 nitrogen and oxygen atoms in total. The Kier molecular flexibility index (Phi) is 8.66. The highest BCUT2D eigenvalue weighted by Crippen LogP contribution is 2.34. The van der Waals surface area contributed by atoms with Gasteiger partial charge < -0.3 is 9.64 Å². The maximum absolute atomic E-state index is 12.9. The molecule has 2 heterocycles. The van der Waals surface area contributed by atoms with E-state index in [1.54, 1.807) is 19.1 Å². The Morgan fingerprint density at radius 2 is 1.63 bits per heavy atom. The van der Waals surface area contributed by atoms with Gasteiger partial charge in [-0.15, -0.1) is 11.3 Å². The maximum atomic E-state index is 12.9. The van der Waals surface area contributed by atoms with E-state index >= 15 is 0 Å². The number of esters is 1. The highest BCUT2D eigenvalue weighted by Gasteiger charge is 2.29. The summed E-state index contributed by atoms with van der Waals surface area (Å²) in [6.45, 7) is 4.51. The summed E-state index contributed by atoms with van der Waals surface area (Å²) in [5, 5.41) is 16.3. The van der Waals surface area contributed by atoms with Crippen LogP contribution in [0.3, 0.4) is 0 Å². The Labute approximate surface area is 241 Å².